The maximum atomic E-state index is 13.9. The van der Waals surface area contributed by atoms with E-state index in [1.54, 1.807) is 0 Å². The molecule has 2 N–H and O–H groups in total. The summed E-state index contributed by atoms with van der Waals surface area (Å²) in [5.41, 5.74) is -1.88. The van der Waals surface area contributed by atoms with Crippen molar-refractivity contribution in [3.05, 3.63) is 41.2 Å². The lowest BCUT2D eigenvalue weighted by Gasteiger charge is -2.38. The van der Waals surface area contributed by atoms with Gasteiger partial charge in [-0.2, -0.15) is 13.2 Å². The molecule has 2 aromatic heterocycles. The lowest BCUT2D eigenvalue weighted by molar-refractivity contribution is -0.138. The molecule has 180 valence electrons. The van der Waals surface area contributed by atoms with Crippen molar-refractivity contribution in [2.24, 2.45) is 5.92 Å². The Morgan fingerprint density at radius 1 is 1.33 bits per heavy atom. The fraction of sp³-hybridized carbons (Fsp3) is 0.450. The van der Waals surface area contributed by atoms with E-state index in [0.29, 0.717) is 6.07 Å². The summed E-state index contributed by atoms with van der Waals surface area (Å²) in [5.74, 6) is -5.12. The third kappa shape index (κ3) is 5.40. The summed E-state index contributed by atoms with van der Waals surface area (Å²) in [6, 6.07) is 3.16. The van der Waals surface area contributed by atoms with Crippen LogP contribution in [-0.4, -0.2) is 45.4 Å². The highest BCUT2D eigenvalue weighted by Crippen LogP contribution is 2.38. The zero-order valence-electron chi connectivity index (χ0n) is 18.0. The quantitative estimate of drug-likeness (QED) is 0.611. The molecule has 0 radical (unpaired) electrons. The van der Waals surface area contributed by atoms with E-state index < -0.39 is 51.2 Å². The van der Waals surface area contributed by atoms with Gasteiger partial charge in [-0.05, 0) is 25.1 Å². The van der Waals surface area contributed by atoms with E-state index in [2.05, 4.69) is 15.3 Å². The number of alkyl halides is 5. The maximum Gasteiger partial charge on any atom is 0.418 e. The Labute approximate surface area is 187 Å². The molecule has 0 aliphatic carbocycles. The third-order valence-electron chi connectivity index (χ3n) is 5.36. The van der Waals surface area contributed by atoms with Crippen molar-refractivity contribution in [1.82, 2.24) is 9.97 Å². The van der Waals surface area contributed by atoms with Crippen LogP contribution in [0.25, 0.3) is 0 Å². The van der Waals surface area contributed by atoms with Gasteiger partial charge < -0.3 is 10.2 Å². The van der Waals surface area contributed by atoms with Gasteiger partial charge in [-0.3, -0.25) is 4.79 Å². The average Bonchev–Trinajstić information content (AvgIpc) is 2.68. The monoisotopic (exact) mass is 491 g/mol. The number of hydrogen-bond donors (Lipinski definition) is 2. The molecule has 2 aromatic rings. The zero-order valence-corrected chi connectivity index (χ0v) is 18.8. The largest absolute Gasteiger partial charge is 0.418 e. The molecule has 1 aliphatic heterocycles. The van der Waals surface area contributed by atoms with Crippen molar-refractivity contribution in [3.63, 3.8) is 0 Å². The third-order valence-corrected chi connectivity index (χ3v) is 6.39. The predicted molar refractivity (Wildman–Crippen MR) is 112 cm³/mol. The highest BCUT2D eigenvalue weighted by molar-refractivity contribution is 7.91. The molecule has 0 saturated carbocycles. The van der Waals surface area contributed by atoms with Crippen molar-refractivity contribution < 1.29 is 31.0 Å². The van der Waals surface area contributed by atoms with E-state index in [-0.39, 0.29) is 35.3 Å². The fourth-order valence-electron chi connectivity index (χ4n) is 3.46. The number of carbonyl (C=O) groups excluding carboxylic acids is 1. The van der Waals surface area contributed by atoms with E-state index in [1.165, 1.54) is 30.2 Å². The standard InChI is InChI=1S/C20H22F5N5O2S/c1-11-10-30(7-5-19(11,21)22)17-14(9-15(12(2)28-17)20(23,24)25)18(31)29-13-4-6-27-16(8-13)33(3,26)32/h4,6,8-9,11,26H,5,7,10H2,1-3H3,(H,27,29,31)/t11?,33-/m1/s1. The van der Waals surface area contributed by atoms with Gasteiger partial charge in [0.2, 0.25) is 0 Å². The summed E-state index contributed by atoms with van der Waals surface area (Å²) < 4.78 is 87.9. The maximum absolute atomic E-state index is 13.9. The fourth-order valence-corrected chi connectivity index (χ4v) is 4.08. The summed E-state index contributed by atoms with van der Waals surface area (Å²) in [5, 5.41) is 2.29. The van der Waals surface area contributed by atoms with Crippen LogP contribution in [0.2, 0.25) is 0 Å². The Morgan fingerprint density at radius 2 is 2.00 bits per heavy atom. The summed E-state index contributed by atoms with van der Waals surface area (Å²) in [4.78, 5) is 22.2. The number of rotatable bonds is 4. The van der Waals surface area contributed by atoms with E-state index >= 15 is 0 Å². The smallest absolute Gasteiger partial charge is 0.355 e. The minimum atomic E-state index is -4.78. The number of anilines is 2. The second-order valence-corrected chi connectivity index (χ2v) is 10.1. The number of pyridine rings is 2. The van der Waals surface area contributed by atoms with Crippen molar-refractivity contribution >= 4 is 27.1 Å². The molecule has 0 aromatic carbocycles. The number of nitrogens with zero attached hydrogens (tertiary/aromatic N) is 3. The van der Waals surface area contributed by atoms with E-state index in [4.69, 9.17) is 4.78 Å². The Hall–Kier alpha value is -2.83. The van der Waals surface area contributed by atoms with Crippen LogP contribution >= 0.6 is 0 Å². The lowest BCUT2D eigenvalue weighted by atomic mass is 9.95. The molecule has 2 atom stereocenters. The Balaban J connectivity index is 2.04. The molecule has 1 amide bonds. The number of aromatic nitrogens is 2. The summed E-state index contributed by atoms with van der Waals surface area (Å²) in [7, 11) is -3.20. The molecule has 1 fully saturated rings. The Kier molecular flexibility index (Phi) is 6.39. The van der Waals surface area contributed by atoms with Crippen LogP contribution < -0.4 is 10.2 Å². The number of halogens is 5. The number of hydrogen-bond acceptors (Lipinski definition) is 6. The zero-order chi connectivity index (χ0) is 24.8. The van der Waals surface area contributed by atoms with Crippen LogP contribution in [0.3, 0.4) is 0 Å². The van der Waals surface area contributed by atoms with E-state index in [9.17, 15) is 31.0 Å². The second-order valence-electron chi connectivity index (χ2n) is 8.03. The highest BCUT2D eigenvalue weighted by Gasteiger charge is 2.43. The first-order chi connectivity index (χ1) is 15.1. The first-order valence-corrected chi connectivity index (χ1v) is 11.8. The van der Waals surface area contributed by atoms with Crippen LogP contribution in [0.5, 0.6) is 0 Å². The van der Waals surface area contributed by atoms with E-state index in [1.807, 2.05) is 0 Å². The highest BCUT2D eigenvalue weighted by atomic mass is 32.2. The second kappa shape index (κ2) is 8.50. The van der Waals surface area contributed by atoms with Crippen molar-refractivity contribution in [3.8, 4) is 0 Å². The number of amides is 1. The summed E-state index contributed by atoms with van der Waals surface area (Å²) >= 11 is 0. The van der Waals surface area contributed by atoms with Crippen LogP contribution in [0.1, 0.15) is 35.0 Å². The van der Waals surface area contributed by atoms with E-state index in [0.717, 1.165) is 13.2 Å². The normalized spacial score (nSPS) is 20.2. The molecular weight excluding hydrogens is 469 g/mol. The molecule has 33 heavy (non-hydrogen) atoms. The summed E-state index contributed by atoms with van der Waals surface area (Å²) in [6.45, 7) is 2.08. The molecular formula is C20H22F5N5O2S. The molecule has 7 nitrogen and oxygen atoms in total. The molecule has 1 unspecified atom stereocenters. The van der Waals surface area contributed by atoms with Crippen LogP contribution in [0.4, 0.5) is 33.5 Å². The first kappa shape index (κ1) is 24.8. The molecule has 3 heterocycles. The minimum absolute atomic E-state index is 0.0606. The predicted octanol–water partition coefficient (Wildman–Crippen LogP) is 4.57. The van der Waals surface area contributed by atoms with Crippen LogP contribution in [0, 0.1) is 17.6 Å². The number of nitrogens with one attached hydrogen (secondary N) is 2. The topological polar surface area (TPSA) is 99.0 Å². The van der Waals surface area contributed by atoms with Crippen molar-refractivity contribution in [2.75, 3.05) is 29.6 Å². The number of aryl methyl sites for hydroxylation is 1. The molecule has 1 aliphatic rings. The van der Waals surface area contributed by atoms with Crippen LogP contribution in [-0.2, 0) is 15.9 Å². The SMILES string of the molecule is Cc1nc(N2CCC(F)(F)C(C)C2)c(C(=O)Nc2ccnc([S@](C)(=N)=O)c2)cc1C(F)(F)F. The number of carbonyl (C=O) groups is 1. The van der Waals surface area contributed by atoms with Gasteiger partial charge >= 0.3 is 6.18 Å². The molecule has 3 rings (SSSR count). The number of piperidine rings is 1. The molecule has 13 heteroatoms. The van der Waals surface area contributed by atoms with Gasteiger partial charge in [0.1, 0.15) is 10.8 Å². The van der Waals surface area contributed by atoms with Gasteiger partial charge in [-0.25, -0.2) is 27.7 Å². The Bertz CT molecular complexity index is 1180. The first-order valence-electron chi connectivity index (χ1n) is 9.82. The van der Waals surface area contributed by atoms with Gasteiger partial charge in [0.05, 0.1) is 26.5 Å². The van der Waals surface area contributed by atoms with Gasteiger partial charge in [0, 0.05) is 43.6 Å². The van der Waals surface area contributed by atoms with Crippen LogP contribution in [0.15, 0.2) is 29.4 Å². The lowest BCUT2D eigenvalue weighted by Crippen LogP contribution is -2.46. The van der Waals surface area contributed by atoms with Crippen molar-refractivity contribution in [2.45, 2.75) is 37.4 Å². The average molecular weight is 491 g/mol. The molecule has 0 bridgehead atoms. The van der Waals surface area contributed by atoms with Gasteiger partial charge in [0.25, 0.3) is 11.8 Å². The Morgan fingerprint density at radius 3 is 2.58 bits per heavy atom. The summed E-state index contributed by atoms with van der Waals surface area (Å²) in [6.07, 6.45) is -2.98. The van der Waals surface area contributed by atoms with Gasteiger partial charge in [-0.1, -0.05) is 6.92 Å². The van der Waals surface area contributed by atoms with Gasteiger partial charge in [-0.15, -0.1) is 0 Å². The van der Waals surface area contributed by atoms with Crippen molar-refractivity contribution in [1.29, 1.82) is 4.78 Å². The molecule has 1 saturated heterocycles. The minimum Gasteiger partial charge on any atom is -0.355 e. The molecule has 0 spiro atoms. The van der Waals surface area contributed by atoms with Gasteiger partial charge in [0.15, 0.2) is 0 Å².